The molecular weight excluding hydrogens is 447 g/mol. The molecule has 0 aliphatic heterocycles. The number of pyridine rings is 2. The maximum atomic E-state index is 13.4. The van der Waals surface area contributed by atoms with E-state index in [-0.39, 0.29) is 5.82 Å². The number of nitrogens with zero attached hydrogens (tertiary/aromatic N) is 2. The summed E-state index contributed by atoms with van der Waals surface area (Å²) in [5, 5.41) is 3.57. The molecule has 0 spiro atoms. The number of aromatic amines is 1. The number of nitrogens with one attached hydrogen (secondary N) is 2. The Morgan fingerprint density at radius 2 is 1.74 bits per heavy atom. The van der Waals surface area contributed by atoms with Crippen molar-refractivity contribution in [3.05, 3.63) is 78.0 Å². The van der Waals surface area contributed by atoms with E-state index in [0.29, 0.717) is 17.9 Å². The number of esters is 1. The molecule has 0 saturated carbocycles. The maximum absolute atomic E-state index is 13.4. The van der Waals surface area contributed by atoms with Gasteiger partial charge in [0.05, 0.1) is 0 Å². The molecule has 1 amide bonds. The predicted octanol–water partition coefficient (Wildman–Crippen LogP) is 5.27. The van der Waals surface area contributed by atoms with Crippen molar-refractivity contribution in [1.29, 1.82) is 0 Å². The van der Waals surface area contributed by atoms with Crippen molar-refractivity contribution in [3.63, 3.8) is 0 Å². The lowest BCUT2D eigenvalue weighted by Crippen LogP contribution is -2.34. The summed E-state index contributed by atoms with van der Waals surface area (Å²) in [6, 6.07) is 13.7. The third-order valence-electron chi connectivity index (χ3n) is 5.40. The molecule has 180 valence electrons. The highest BCUT2D eigenvalue weighted by atomic mass is 19.1. The summed E-state index contributed by atoms with van der Waals surface area (Å²) < 4.78 is 18.7. The van der Waals surface area contributed by atoms with Crippen LogP contribution in [0.4, 0.5) is 10.2 Å². The molecule has 2 N–H and O–H groups in total. The topological polar surface area (TPSA) is 97.0 Å². The van der Waals surface area contributed by atoms with Crippen LogP contribution in [0.2, 0.25) is 0 Å². The molecule has 8 heteroatoms. The zero-order chi connectivity index (χ0) is 25.2. The van der Waals surface area contributed by atoms with Gasteiger partial charge in [-0.3, -0.25) is 14.6 Å². The van der Waals surface area contributed by atoms with E-state index in [0.717, 1.165) is 27.8 Å². The van der Waals surface area contributed by atoms with Gasteiger partial charge in [-0.25, -0.2) is 9.37 Å². The summed E-state index contributed by atoms with van der Waals surface area (Å²) in [4.78, 5) is 36.9. The van der Waals surface area contributed by atoms with Crippen molar-refractivity contribution in [3.8, 4) is 11.1 Å². The minimum Gasteiger partial charge on any atom is -0.459 e. The zero-order valence-electron chi connectivity index (χ0n) is 20.1. The first-order chi connectivity index (χ1) is 16.6. The molecule has 7 nitrogen and oxygen atoms in total. The first kappa shape index (κ1) is 24.1. The summed E-state index contributed by atoms with van der Waals surface area (Å²) in [6.45, 7) is 6.75. The van der Waals surface area contributed by atoms with Gasteiger partial charge < -0.3 is 15.0 Å². The summed E-state index contributed by atoms with van der Waals surface area (Å²) in [7, 11) is 0. The number of rotatable bonds is 6. The fourth-order valence-corrected chi connectivity index (χ4v) is 3.71. The number of halogens is 1. The number of aromatic nitrogens is 3. The lowest BCUT2D eigenvalue weighted by Gasteiger charge is -2.21. The van der Waals surface area contributed by atoms with Crippen LogP contribution < -0.4 is 5.32 Å². The first-order valence-electron chi connectivity index (χ1n) is 11.3. The van der Waals surface area contributed by atoms with E-state index in [9.17, 15) is 14.0 Å². The van der Waals surface area contributed by atoms with Gasteiger partial charge in [0.1, 0.15) is 28.8 Å². The largest absolute Gasteiger partial charge is 0.459 e. The molecule has 0 saturated heterocycles. The minimum atomic E-state index is -0.989. The summed E-state index contributed by atoms with van der Waals surface area (Å²) in [5.41, 5.74) is 3.65. The second kappa shape index (κ2) is 9.66. The molecule has 0 aliphatic carbocycles. The third kappa shape index (κ3) is 5.71. The highest BCUT2D eigenvalue weighted by Crippen LogP contribution is 2.33. The Morgan fingerprint density at radius 3 is 2.40 bits per heavy atom. The number of H-pyrrole nitrogens is 1. The first-order valence-corrected chi connectivity index (χ1v) is 11.3. The molecule has 0 aliphatic rings. The van der Waals surface area contributed by atoms with Crippen molar-refractivity contribution < 1.29 is 18.7 Å². The van der Waals surface area contributed by atoms with E-state index in [1.807, 2.05) is 18.2 Å². The van der Waals surface area contributed by atoms with Crippen LogP contribution in [0.3, 0.4) is 0 Å². The molecule has 0 bridgehead atoms. The number of fused-ring (bicyclic) bond motifs is 1. The van der Waals surface area contributed by atoms with E-state index in [4.69, 9.17) is 4.74 Å². The van der Waals surface area contributed by atoms with Crippen LogP contribution in [-0.2, 0) is 20.7 Å². The Labute approximate surface area is 202 Å². The number of ether oxygens (including phenoxy) is 1. The van der Waals surface area contributed by atoms with Gasteiger partial charge in [0.25, 0.3) is 0 Å². The SMILES string of the molecule is C[C@H](C(=O)Nc1ccc2c(-c3ccncc3)c(Cc3ccc(F)cc3)[nH]c2n1)C(=O)OC(C)(C)C. The quantitative estimate of drug-likeness (QED) is 0.293. The van der Waals surface area contributed by atoms with Crippen molar-refractivity contribution in [2.75, 3.05) is 5.32 Å². The van der Waals surface area contributed by atoms with Crippen molar-refractivity contribution in [1.82, 2.24) is 15.0 Å². The normalized spacial score (nSPS) is 12.4. The van der Waals surface area contributed by atoms with Gasteiger partial charge in [-0.15, -0.1) is 0 Å². The Morgan fingerprint density at radius 1 is 1.06 bits per heavy atom. The Bertz CT molecular complexity index is 1360. The molecule has 0 fully saturated rings. The van der Waals surface area contributed by atoms with Gasteiger partial charge in [0.15, 0.2) is 0 Å². The fourth-order valence-electron chi connectivity index (χ4n) is 3.71. The fraction of sp³-hybridized carbons (Fsp3) is 0.259. The summed E-state index contributed by atoms with van der Waals surface area (Å²) in [5.74, 6) is -2.07. The van der Waals surface area contributed by atoms with Crippen LogP contribution in [0.25, 0.3) is 22.2 Å². The van der Waals surface area contributed by atoms with E-state index in [1.165, 1.54) is 19.1 Å². The zero-order valence-corrected chi connectivity index (χ0v) is 20.1. The maximum Gasteiger partial charge on any atom is 0.318 e. The van der Waals surface area contributed by atoms with Crippen LogP contribution in [0.15, 0.2) is 60.9 Å². The molecule has 1 aromatic carbocycles. The Kier molecular flexibility index (Phi) is 6.64. The van der Waals surface area contributed by atoms with E-state index < -0.39 is 23.4 Å². The molecule has 35 heavy (non-hydrogen) atoms. The van der Waals surface area contributed by atoms with Crippen molar-refractivity contribution in [2.45, 2.75) is 39.7 Å². The lowest BCUT2D eigenvalue weighted by molar-refractivity contribution is -0.160. The third-order valence-corrected chi connectivity index (χ3v) is 5.40. The van der Waals surface area contributed by atoms with Crippen LogP contribution in [0.1, 0.15) is 39.0 Å². The Balaban J connectivity index is 1.65. The summed E-state index contributed by atoms with van der Waals surface area (Å²) >= 11 is 0. The van der Waals surface area contributed by atoms with Crippen molar-refractivity contribution >= 4 is 28.7 Å². The van der Waals surface area contributed by atoms with Crippen LogP contribution in [-0.4, -0.2) is 32.4 Å². The lowest BCUT2D eigenvalue weighted by atomic mass is 10.00. The van der Waals surface area contributed by atoms with Gasteiger partial charge in [0, 0.05) is 35.5 Å². The smallest absolute Gasteiger partial charge is 0.318 e. The number of amides is 1. The molecule has 4 aromatic rings. The van der Waals surface area contributed by atoms with Gasteiger partial charge >= 0.3 is 5.97 Å². The number of anilines is 1. The molecule has 3 aromatic heterocycles. The van der Waals surface area contributed by atoms with E-state index in [1.54, 1.807) is 51.4 Å². The van der Waals surface area contributed by atoms with Crippen molar-refractivity contribution in [2.24, 2.45) is 5.92 Å². The van der Waals surface area contributed by atoms with Crippen LogP contribution in [0, 0.1) is 11.7 Å². The molecule has 1 atom stereocenters. The number of hydrogen-bond donors (Lipinski definition) is 2. The minimum absolute atomic E-state index is 0.289. The standard InChI is InChI=1S/C27H27FN4O3/c1-16(26(34)35-27(2,3)4)25(33)32-22-10-9-20-23(18-11-13-29-14-12-18)21(30-24(20)31-22)15-17-5-7-19(28)8-6-17/h5-14,16H,15H2,1-4H3,(H2,30,31,32,33)/t16-/m1/s1. The number of carbonyl (C=O) groups is 2. The van der Waals surface area contributed by atoms with Crippen LogP contribution >= 0.6 is 0 Å². The molecule has 0 radical (unpaired) electrons. The second-order valence-electron chi connectivity index (χ2n) is 9.35. The van der Waals surface area contributed by atoms with Gasteiger partial charge in [0.2, 0.25) is 5.91 Å². The number of benzene rings is 1. The highest BCUT2D eigenvalue weighted by molar-refractivity contribution is 6.05. The van der Waals surface area contributed by atoms with Crippen LogP contribution in [0.5, 0.6) is 0 Å². The average Bonchev–Trinajstić information content (AvgIpc) is 3.16. The van der Waals surface area contributed by atoms with Gasteiger partial charge in [-0.05, 0) is 75.2 Å². The second-order valence-corrected chi connectivity index (χ2v) is 9.35. The van der Waals surface area contributed by atoms with E-state index in [2.05, 4.69) is 20.3 Å². The summed E-state index contributed by atoms with van der Waals surface area (Å²) in [6.07, 6.45) is 3.97. The number of hydrogen-bond acceptors (Lipinski definition) is 5. The van der Waals surface area contributed by atoms with E-state index >= 15 is 0 Å². The van der Waals surface area contributed by atoms with Gasteiger partial charge in [-0.2, -0.15) is 0 Å². The predicted molar refractivity (Wildman–Crippen MR) is 132 cm³/mol. The molecule has 4 rings (SSSR count). The highest BCUT2D eigenvalue weighted by Gasteiger charge is 2.27. The Hall–Kier alpha value is -4.07. The average molecular weight is 475 g/mol. The molecule has 3 heterocycles. The monoisotopic (exact) mass is 474 g/mol. The number of carbonyl (C=O) groups excluding carboxylic acids is 2. The molecular formula is C27H27FN4O3. The molecule has 0 unspecified atom stereocenters. The van der Waals surface area contributed by atoms with Gasteiger partial charge in [-0.1, -0.05) is 12.1 Å².